The fourth-order valence-electron chi connectivity index (χ4n) is 0.864. The van der Waals surface area contributed by atoms with Gasteiger partial charge in [0, 0.05) is 0 Å². The van der Waals surface area contributed by atoms with Crippen LogP contribution in [0.1, 0.15) is 18.6 Å². The van der Waals surface area contributed by atoms with Crippen LogP contribution in [0.4, 0.5) is 0 Å². The topological polar surface area (TPSA) is 40.5 Å². The molecule has 1 unspecified atom stereocenters. The van der Waals surface area contributed by atoms with Crippen LogP contribution in [0.3, 0.4) is 0 Å². The molecule has 1 aromatic carbocycles. The summed E-state index contributed by atoms with van der Waals surface area (Å²) in [5, 5.41) is 18.2. The van der Waals surface area contributed by atoms with E-state index in [1.165, 1.54) is 0 Å². The van der Waals surface area contributed by atoms with Crippen LogP contribution in [0.2, 0.25) is 0 Å². The minimum Gasteiger partial charge on any atom is -0.508 e. The van der Waals surface area contributed by atoms with E-state index >= 15 is 0 Å². The highest BCUT2D eigenvalue weighted by molar-refractivity contribution is 5.28. The van der Waals surface area contributed by atoms with Crippen molar-refractivity contribution in [1.82, 2.24) is 0 Å². The van der Waals surface area contributed by atoms with Gasteiger partial charge in [-0.25, -0.2) is 0 Å². The van der Waals surface area contributed by atoms with E-state index < -0.39 is 6.10 Å². The predicted octanol–water partition coefficient (Wildman–Crippen LogP) is 1.65. The number of phenolic OH excluding ortho intramolecular Hbond substituents is 1. The van der Waals surface area contributed by atoms with Crippen molar-refractivity contribution >= 4 is 0 Å². The first-order chi connectivity index (χ1) is 5.24. The summed E-state index contributed by atoms with van der Waals surface area (Å²) in [5.74, 6) is 0.219. The smallest absolute Gasteiger partial charge is 0.115 e. The molecule has 0 aromatic heterocycles. The van der Waals surface area contributed by atoms with Crippen LogP contribution in [0.25, 0.3) is 0 Å². The van der Waals surface area contributed by atoms with E-state index in [2.05, 4.69) is 0 Å². The van der Waals surface area contributed by atoms with Gasteiger partial charge in [-0.15, -0.1) is 0 Å². The van der Waals surface area contributed by atoms with Crippen LogP contribution in [-0.4, -0.2) is 10.2 Å². The quantitative estimate of drug-likeness (QED) is 0.674. The fourth-order valence-corrected chi connectivity index (χ4v) is 0.864. The number of hydrogen-bond acceptors (Lipinski definition) is 2. The minimum atomic E-state index is -0.532. The molecular formula is C9H11O2. The van der Waals surface area contributed by atoms with Gasteiger partial charge in [0.1, 0.15) is 5.75 Å². The third-order valence-electron chi connectivity index (χ3n) is 1.55. The first-order valence-electron chi connectivity index (χ1n) is 3.50. The van der Waals surface area contributed by atoms with Crippen molar-refractivity contribution in [3.63, 3.8) is 0 Å². The van der Waals surface area contributed by atoms with Gasteiger partial charge >= 0.3 is 0 Å². The molecule has 0 saturated carbocycles. The summed E-state index contributed by atoms with van der Waals surface area (Å²) in [6.45, 7) is 1.79. The Balaban J connectivity index is 2.81. The second-order valence-electron chi connectivity index (χ2n) is 2.37. The van der Waals surface area contributed by atoms with E-state index in [-0.39, 0.29) is 5.75 Å². The van der Waals surface area contributed by atoms with Crippen LogP contribution >= 0.6 is 0 Å². The van der Waals surface area contributed by atoms with Crippen LogP contribution in [0.15, 0.2) is 24.3 Å². The first-order valence-corrected chi connectivity index (χ1v) is 3.50. The third kappa shape index (κ3) is 1.95. The van der Waals surface area contributed by atoms with Gasteiger partial charge in [0.25, 0.3) is 0 Å². The lowest BCUT2D eigenvalue weighted by Gasteiger charge is -2.06. The maximum Gasteiger partial charge on any atom is 0.115 e. The Kier molecular flexibility index (Phi) is 2.49. The molecule has 2 heteroatoms. The largest absolute Gasteiger partial charge is 0.508 e. The summed E-state index contributed by atoms with van der Waals surface area (Å²) >= 11 is 0. The molecule has 59 valence electrons. The molecule has 1 atom stereocenters. The highest BCUT2D eigenvalue weighted by Crippen LogP contribution is 2.17. The third-order valence-corrected chi connectivity index (χ3v) is 1.55. The minimum absolute atomic E-state index is 0.219. The maximum absolute atomic E-state index is 9.28. The van der Waals surface area contributed by atoms with E-state index in [0.717, 1.165) is 5.56 Å². The summed E-state index contributed by atoms with van der Waals surface area (Å²) in [7, 11) is 0. The molecule has 0 spiro atoms. The molecule has 2 nitrogen and oxygen atoms in total. The Hall–Kier alpha value is -1.02. The number of phenols is 1. The van der Waals surface area contributed by atoms with Crippen LogP contribution < -0.4 is 0 Å². The number of aliphatic hydroxyl groups is 1. The zero-order chi connectivity index (χ0) is 8.27. The molecule has 0 aliphatic carbocycles. The SMILES string of the molecule is C[CH]C(O)c1ccc(O)cc1. The number of aliphatic hydroxyl groups excluding tert-OH is 1. The average molecular weight is 151 g/mol. The van der Waals surface area contributed by atoms with Crippen molar-refractivity contribution in [2.24, 2.45) is 0 Å². The summed E-state index contributed by atoms with van der Waals surface area (Å²) in [6.07, 6.45) is 1.16. The lowest BCUT2D eigenvalue weighted by atomic mass is 10.1. The summed E-state index contributed by atoms with van der Waals surface area (Å²) in [4.78, 5) is 0. The number of aromatic hydroxyl groups is 1. The second-order valence-corrected chi connectivity index (χ2v) is 2.37. The lowest BCUT2D eigenvalue weighted by molar-refractivity contribution is 0.212. The molecule has 0 heterocycles. The number of benzene rings is 1. The van der Waals surface area contributed by atoms with E-state index in [1.54, 1.807) is 37.6 Å². The highest BCUT2D eigenvalue weighted by atomic mass is 16.3. The fraction of sp³-hybridized carbons (Fsp3) is 0.222. The van der Waals surface area contributed by atoms with E-state index in [4.69, 9.17) is 5.11 Å². The summed E-state index contributed by atoms with van der Waals surface area (Å²) < 4.78 is 0. The van der Waals surface area contributed by atoms with E-state index in [1.807, 2.05) is 0 Å². The molecule has 1 aromatic rings. The molecule has 0 bridgehead atoms. The van der Waals surface area contributed by atoms with Gasteiger partial charge in [-0.3, -0.25) is 0 Å². The maximum atomic E-state index is 9.28. The number of hydrogen-bond donors (Lipinski definition) is 2. The lowest BCUT2D eigenvalue weighted by Crippen LogP contribution is -1.94. The number of rotatable bonds is 2. The molecule has 11 heavy (non-hydrogen) atoms. The highest BCUT2D eigenvalue weighted by Gasteiger charge is 2.02. The summed E-state index contributed by atoms with van der Waals surface area (Å²) in [6, 6.07) is 6.50. The molecular weight excluding hydrogens is 140 g/mol. The van der Waals surface area contributed by atoms with Gasteiger partial charge in [0.2, 0.25) is 0 Å². The van der Waals surface area contributed by atoms with Crippen molar-refractivity contribution in [2.75, 3.05) is 0 Å². The van der Waals surface area contributed by atoms with Gasteiger partial charge in [-0.2, -0.15) is 0 Å². The normalized spacial score (nSPS) is 12.9. The standard InChI is InChI=1S/C9H11O2/c1-2-9(11)7-3-5-8(10)6-4-7/h2-6,9-11H,1H3. The van der Waals surface area contributed by atoms with Gasteiger partial charge in [-0.1, -0.05) is 19.1 Å². The van der Waals surface area contributed by atoms with E-state index in [9.17, 15) is 5.11 Å². The van der Waals surface area contributed by atoms with Gasteiger partial charge < -0.3 is 10.2 Å². The zero-order valence-electron chi connectivity index (χ0n) is 6.36. The van der Waals surface area contributed by atoms with Gasteiger partial charge in [0.05, 0.1) is 6.10 Å². The van der Waals surface area contributed by atoms with Crippen molar-refractivity contribution in [2.45, 2.75) is 13.0 Å². The van der Waals surface area contributed by atoms with Crippen LogP contribution in [-0.2, 0) is 0 Å². The molecule has 0 amide bonds. The second kappa shape index (κ2) is 3.39. The Morgan fingerprint density at radius 1 is 1.27 bits per heavy atom. The van der Waals surface area contributed by atoms with E-state index in [0.29, 0.717) is 0 Å². The Morgan fingerprint density at radius 2 is 1.82 bits per heavy atom. The van der Waals surface area contributed by atoms with Crippen LogP contribution in [0.5, 0.6) is 5.75 Å². The van der Waals surface area contributed by atoms with Crippen molar-refractivity contribution in [3.05, 3.63) is 36.2 Å². The Morgan fingerprint density at radius 3 is 2.27 bits per heavy atom. The van der Waals surface area contributed by atoms with Crippen molar-refractivity contribution in [3.8, 4) is 5.75 Å². The van der Waals surface area contributed by atoms with Crippen LogP contribution in [0, 0.1) is 6.42 Å². The van der Waals surface area contributed by atoms with Crippen molar-refractivity contribution < 1.29 is 10.2 Å². The van der Waals surface area contributed by atoms with Gasteiger partial charge in [-0.05, 0) is 24.1 Å². The predicted molar refractivity (Wildman–Crippen MR) is 43.0 cm³/mol. The first kappa shape index (κ1) is 8.08. The molecule has 0 fully saturated rings. The Labute approximate surface area is 66.1 Å². The zero-order valence-corrected chi connectivity index (χ0v) is 6.36. The average Bonchev–Trinajstić information content (AvgIpc) is 2.05. The molecule has 0 aliphatic rings. The monoisotopic (exact) mass is 151 g/mol. The molecule has 0 saturated heterocycles. The Bertz CT molecular complexity index is 216. The molecule has 1 rings (SSSR count). The molecule has 1 radical (unpaired) electrons. The molecule has 0 aliphatic heterocycles. The van der Waals surface area contributed by atoms with Gasteiger partial charge in [0.15, 0.2) is 0 Å². The summed E-state index contributed by atoms with van der Waals surface area (Å²) in [5.41, 5.74) is 0.797. The molecule has 2 N–H and O–H groups in total. The van der Waals surface area contributed by atoms with Crippen molar-refractivity contribution in [1.29, 1.82) is 0 Å².